The fourth-order valence-corrected chi connectivity index (χ4v) is 4.94. The third-order valence-corrected chi connectivity index (χ3v) is 7.76. The Balaban J connectivity index is 0.000000236. The first-order valence-corrected chi connectivity index (χ1v) is 14.8. The Morgan fingerprint density at radius 2 is 1.81 bits per heavy atom. The number of carbonyl (C=O) groups is 3. The Hall–Kier alpha value is -4.32. The molecule has 0 spiro atoms. The Morgan fingerprint density at radius 3 is 2.40 bits per heavy atom. The highest BCUT2D eigenvalue weighted by atomic mass is 16.5. The number of carbonyl (C=O) groups excluding carboxylic acids is 3. The second-order valence-electron chi connectivity index (χ2n) is 11.6. The lowest BCUT2D eigenvalue weighted by Gasteiger charge is -2.23. The maximum absolute atomic E-state index is 12.8. The minimum absolute atomic E-state index is 0.0511. The zero-order chi connectivity index (χ0) is 30.1. The van der Waals surface area contributed by atoms with Gasteiger partial charge in [0.25, 0.3) is 5.91 Å². The first-order chi connectivity index (χ1) is 20.3. The first kappa shape index (κ1) is 30.6. The fraction of sp³-hybridized carbons (Fsp3) is 0.455. The van der Waals surface area contributed by atoms with Crippen LogP contribution < -0.4 is 10.1 Å². The van der Waals surface area contributed by atoms with Crippen molar-refractivity contribution >= 4 is 34.8 Å². The van der Waals surface area contributed by atoms with Gasteiger partial charge < -0.3 is 24.8 Å². The van der Waals surface area contributed by atoms with Crippen LogP contribution in [-0.2, 0) is 9.59 Å². The highest BCUT2D eigenvalue weighted by molar-refractivity contribution is 6.00. The number of amides is 3. The molecule has 3 aliphatic rings. The molecular weight excluding hydrogens is 530 g/mol. The van der Waals surface area contributed by atoms with Crippen LogP contribution in [0.15, 0.2) is 54.6 Å². The highest BCUT2D eigenvalue weighted by Crippen LogP contribution is 2.33. The summed E-state index contributed by atoms with van der Waals surface area (Å²) < 4.78 is 5.92. The maximum atomic E-state index is 12.8. The molecule has 2 saturated carbocycles. The van der Waals surface area contributed by atoms with Crippen molar-refractivity contribution in [2.75, 3.05) is 25.5 Å². The SMILES string of the molecule is CC1CC(C#N)N(C(=O)CN(C)C(=O)c2cc3c(OC4CC4)cccc3[nH]2)C1.CC1CCC1.O=CNc1ccccc1. The van der Waals surface area contributed by atoms with E-state index in [9.17, 15) is 19.6 Å². The Labute approximate surface area is 247 Å². The van der Waals surface area contributed by atoms with Gasteiger partial charge in [0.15, 0.2) is 0 Å². The number of ether oxygens (including phenoxy) is 1. The van der Waals surface area contributed by atoms with Gasteiger partial charge in [-0.25, -0.2) is 0 Å². The standard InChI is InChI=1S/C21H24N4O3.C7H7NO.C5H10/c1-13-8-14(10-22)25(11-13)20(26)12-24(2)21(27)18-9-16-17(23-18)4-3-5-19(16)28-15-6-7-15;9-6-8-7-4-2-1-3-5-7;1-5-3-2-4-5/h3-5,9,13-15,23H,6-8,11-12H2,1-2H3;1-6H,(H,8,9);5H,2-4H2,1H3. The molecule has 9 nitrogen and oxygen atoms in total. The van der Waals surface area contributed by atoms with E-state index in [-0.39, 0.29) is 24.5 Å². The molecule has 222 valence electrons. The Kier molecular flexibility index (Phi) is 10.6. The summed E-state index contributed by atoms with van der Waals surface area (Å²) in [4.78, 5) is 41.4. The van der Waals surface area contributed by atoms with Crippen molar-refractivity contribution in [3.05, 3.63) is 60.3 Å². The van der Waals surface area contributed by atoms with Gasteiger partial charge >= 0.3 is 0 Å². The fourth-order valence-electron chi connectivity index (χ4n) is 4.94. The summed E-state index contributed by atoms with van der Waals surface area (Å²) in [6, 6.07) is 18.6. The summed E-state index contributed by atoms with van der Waals surface area (Å²) in [5, 5.41) is 12.7. The number of aromatic nitrogens is 1. The maximum Gasteiger partial charge on any atom is 0.270 e. The van der Waals surface area contributed by atoms with Gasteiger partial charge in [-0.1, -0.05) is 57.4 Å². The molecule has 1 saturated heterocycles. The molecule has 2 heterocycles. The lowest BCUT2D eigenvalue weighted by Crippen LogP contribution is -2.43. The van der Waals surface area contributed by atoms with Crippen molar-refractivity contribution in [1.82, 2.24) is 14.8 Å². The molecule has 9 heteroatoms. The molecule has 2 N–H and O–H groups in total. The van der Waals surface area contributed by atoms with E-state index in [1.165, 1.54) is 24.2 Å². The van der Waals surface area contributed by atoms with Crippen molar-refractivity contribution in [2.24, 2.45) is 11.8 Å². The van der Waals surface area contributed by atoms with E-state index in [0.29, 0.717) is 31.0 Å². The number of rotatable bonds is 7. The third-order valence-electron chi connectivity index (χ3n) is 7.76. The van der Waals surface area contributed by atoms with Gasteiger partial charge in [-0.2, -0.15) is 5.26 Å². The van der Waals surface area contributed by atoms with Crippen molar-refractivity contribution in [2.45, 2.75) is 64.5 Å². The summed E-state index contributed by atoms with van der Waals surface area (Å²) in [5.74, 6) is 1.68. The van der Waals surface area contributed by atoms with Crippen LogP contribution in [0, 0.1) is 23.2 Å². The molecule has 2 aliphatic carbocycles. The Morgan fingerprint density at radius 1 is 1.10 bits per heavy atom. The number of hydrogen-bond acceptors (Lipinski definition) is 5. The lowest BCUT2D eigenvalue weighted by atomic mass is 9.88. The quantitative estimate of drug-likeness (QED) is 0.358. The van der Waals surface area contributed by atoms with E-state index in [4.69, 9.17) is 4.74 Å². The van der Waals surface area contributed by atoms with Gasteiger partial charge in [-0.3, -0.25) is 14.4 Å². The molecule has 0 radical (unpaired) electrons. The summed E-state index contributed by atoms with van der Waals surface area (Å²) in [6.07, 6.45) is 8.21. The van der Waals surface area contributed by atoms with Crippen LogP contribution in [0.2, 0.25) is 0 Å². The Bertz CT molecular complexity index is 1390. The van der Waals surface area contributed by atoms with Crippen LogP contribution in [0.25, 0.3) is 10.9 Å². The van der Waals surface area contributed by atoms with Gasteiger partial charge in [0.2, 0.25) is 12.3 Å². The van der Waals surface area contributed by atoms with Crippen LogP contribution in [-0.4, -0.2) is 65.3 Å². The van der Waals surface area contributed by atoms with Crippen molar-refractivity contribution in [3.63, 3.8) is 0 Å². The minimum atomic E-state index is -0.402. The largest absolute Gasteiger partial charge is 0.490 e. The summed E-state index contributed by atoms with van der Waals surface area (Å²) >= 11 is 0. The smallest absolute Gasteiger partial charge is 0.270 e. The summed E-state index contributed by atoms with van der Waals surface area (Å²) in [7, 11) is 1.61. The number of hydrogen-bond donors (Lipinski definition) is 2. The third kappa shape index (κ3) is 8.35. The van der Waals surface area contributed by atoms with Gasteiger partial charge in [-0.05, 0) is 61.4 Å². The van der Waals surface area contributed by atoms with E-state index in [0.717, 1.165) is 41.1 Å². The number of H-pyrrole nitrogens is 1. The second kappa shape index (κ2) is 14.5. The number of anilines is 1. The zero-order valence-corrected chi connectivity index (χ0v) is 24.7. The number of benzene rings is 2. The van der Waals surface area contributed by atoms with Crippen molar-refractivity contribution in [1.29, 1.82) is 5.26 Å². The number of aromatic amines is 1. The summed E-state index contributed by atoms with van der Waals surface area (Å²) in [5.41, 5.74) is 2.08. The molecule has 2 atom stereocenters. The monoisotopic (exact) mass is 571 g/mol. The van der Waals surface area contributed by atoms with Gasteiger partial charge in [0, 0.05) is 30.2 Å². The molecule has 2 aromatic carbocycles. The molecular formula is C33H41N5O4. The van der Waals surface area contributed by atoms with E-state index in [1.54, 1.807) is 18.0 Å². The summed E-state index contributed by atoms with van der Waals surface area (Å²) in [6.45, 7) is 4.85. The second-order valence-corrected chi connectivity index (χ2v) is 11.6. The van der Waals surface area contributed by atoms with E-state index < -0.39 is 6.04 Å². The topological polar surface area (TPSA) is 119 Å². The highest BCUT2D eigenvalue weighted by Gasteiger charge is 2.34. The molecule has 3 aromatic rings. The average Bonchev–Trinajstić information content (AvgIpc) is 3.54. The van der Waals surface area contributed by atoms with Crippen LogP contribution >= 0.6 is 0 Å². The predicted octanol–water partition coefficient (Wildman–Crippen LogP) is 5.60. The van der Waals surface area contributed by atoms with Gasteiger partial charge in [-0.15, -0.1) is 0 Å². The molecule has 1 aliphatic heterocycles. The normalized spacial score (nSPS) is 19.2. The molecule has 0 bridgehead atoms. The first-order valence-electron chi connectivity index (χ1n) is 14.8. The number of likely N-dealkylation sites (N-methyl/N-ethyl adjacent to an activating group) is 1. The number of nitriles is 1. The van der Waals surface area contributed by atoms with Gasteiger partial charge in [0.05, 0.1) is 18.7 Å². The van der Waals surface area contributed by atoms with Crippen LogP contribution in [0.1, 0.15) is 62.9 Å². The molecule has 3 fully saturated rings. The number of nitrogens with one attached hydrogen (secondary N) is 2. The number of fused-ring (bicyclic) bond motifs is 1. The number of likely N-dealkylation sites (tertiary alicyclic amines) is 1. The number of nitrogens with zero attached hydrogens (tertiary/aromatic N) is 3. The molecule has 1 aromatic heterocycles. The predicted molar refractivity (Wildman–Crippen MR) is 163 cm³/mol. The van der Waals surface area contributed by atoms with Crippen LogP contribution in [0.5, 0.6) is 5.75 Å². The van der Waals surface area contributed by atoms with Crippen LogP contribution in [0.3, 0.4) is 0 Å². The van der Waals surface area contributed by atoms with Crippen molar-refractivity contribution < 1.29 is 19.1 Å². The molecule has 42 heavy (non-hydrogen) atoms. The van der Waals surface area contributed by atoms with E-state index in [2.05, 4.69) is 23.3 Å². The number of para-hydroxylation sites is 1. The lowest BCUT2D eigenvalue weighted by molar-refractivity contribution is -0.131. The minimum Gasteiger partial charge on any atom is -0.490 e. The zero-order valence-electron chi connectivity index (χ0n) is 24.7. The van der Waals surface area contributed by atoms with Crippen LogP contribution in [0.4, 0.5) is 5.69 Å². The molecule has 2 unspecified atom stereocenters. The van der Waals surface area contributed by atoms with E-state index in [1.807, 2.05) is 55.5 Å². The molecule has 3 amide bonds. The van der Waals surface area contributed by atoms with Gasteiger partial charge in [0.1, 0.15) is 17.5 Å². The van der Waals surface area contributed by atoms with E-state index >= 15 is 0 Å². The molecule has 6 rings (SSSR count). The van der Waals surface area contributed by atoms with Crippen molar-refractivity contribution in [3.8, 4) is 11.8 Å². The average molecular weight is 572 g/mol.